The Labute approximate surface area is 133 Å². The van der Waals surface area contributed by atoms with Crippen LogP contribution in [-0.2, 0) is 16.6 Å². The van der Waals surface area contributed by atoms with Gasteiger partial charge in [0.05, 0.1) is 4.90 Å². The highest BCUT2D eigenvalue weighted by Crippen LogP contribution is 2.25. The van der Waals surface area contributed by atoms with Gasteiger partial charge < -0.3 is 5.32 Å². The van der Waals surface area contributed by atoms with E-state index in [0.717, 1.165) is 17.5 Å². The lowest BCUT2D eigenvalue weighted by atomic mass is 10.0. The second kappa shape index (κ2) is 7.58. The van der Waals surface area contributed by atoms with E-state index in [0.29, 0.717) is 11.6 Å². The molecule has 0 aliphatic heterocycles. The zero-order chi connectivity index (χ0) is 16.2. The minimum absolute atomic E-state index is 0.119. The number of halogens is 1. The molecule has 0 aliphatic rings. The van der Waals surface area contributed by atoms with Crippen molar-refractivity contribution in [3.05, 3.63) is 28.3 Å². The minimum atomic E-state index is -3.57. The van der Waals surface area contributed by atoms with Crippen molar-refractivity contribution < 1.29 is 8.42 Å². The molecule has 0 aliphatic carbocycles. The lowest BCUT2D eigenvalue weighted by molar-refractivity contribution is 0.434. The molecule has 21 heavy (non-hydrogen) atoms. The lowest BCUT2D eigenvalue weighted by Gasteiger charge is -2.21. The summed E-state index contributed by atoms with van der Waals surface area (Å²) >= 11 is 6.07. The highest BCUT2D eigenvalue weighted by Gasteiger charge is 2.23. The number of hydrogen-bond acceptors (Lipinski definition) is 3. The average molecular weight is 333 g/mol. The first-order chi connectivity index (χ1) is 9.72. The summed E-state index contributed by atoms with van der Waals surface area (Å²) in [5, 5.41) is 3.46. The van der Waals surface area contributed by atoms with Crippen LogP contribution < -0.4 is 10.0 Å². The van der Waals surface area contributed by atoms with Crippen LogP contribution in [0.5, 0.6) is 0 Å². The van der Waals surface area contributed by atoms with E-state index in [1.165, 1.54) is 6.07 Å². The predicted octanol–water partition coefficient (Wildman–Crippen LogP) is 3.08. The third-order valence-electron chi connectivity index (χ3n) is 3.93. The van der Waals surface area contributed by atoms with Gasteiger partial charge in [0.15, 0.2) is 0 Å². The number of nitrogens with one attached hydrogen (secondary N) is 2. The first kappa shape index (κ1) is 18.4. The monoisotopic (exact) mass is 332 g/mol. The first-order valence-electron chi connectivity index (χ1n) is 7.18. The Hall–Kier alpha value is -0.620. The fraction of sp³-hybridized carbons (Fsp3) is 0.600. The Balaban J connectivity index is 3.19. The highest BCUT2D eigenvalue weighted by atomic mass is 35.5. The van der Waals surface area contributed by atoms with Gasteiger partial charge in [0.1, 0.15) is 0 Å². The molecule has 1 aromatic carbocycles. The maximum atomic E-state index is 12.6. The summed E-state index contributed by atoms with van der Waals surface area (Å²) in [6.07, 6.45) is 0.920. The first-order valence-corrected chi connectivity index (χ1v) is 9.05. The SMILES string of the molecule is CCC(C)C(C)NS(=O)(=O)c1cc(Cl)cc(CNC)c1C. The van der Waals surface area contributed by atoms with Crippen molar-refractivity contribution >= 4 is 21.6 Å². The second-order valence-corrected chi connectivity index (χ2v) is 7.63. The summed E-state index contributed by atoms with van der Waals surface area (Å²) in [6.45, 7) is 8.36. The molecular formula is C15H25ClN2O2S. The van der Waals surface area contributed by atoms with Crippen molar-refractivity contribution in [1.82, 2.24) is 10.0 Å². The second-order valence-electron chi connectivity index (χ2n) is 5.51. The summed E-state index contributed by atoms with van der Waals surface area (Å²) in [5.41, 5.74) is 1.62. The molecule has 0 spiro atoms. The number of sulfonamides is 1. The van der Waals surface area contributed by atoms with E-state index in [4.69, 9.17) is 11.6 Å². The van der Waals surface area contributed by atoms with Crippen LogP contribution in [0.1, 0.15) is 38.3 Å². The molecule has 1 aromatic rings. The third-order valence-corrected chi connectivity index (χ3v) is 5.83. The van der Waals surface area contributed by atoms with E-state index in [-0.39, 0.29) is 16.9 Å². The molecule has 0 saturated heterocycles. The van der Waals surface area contributed by atoms with E-state index in [1.807, 2.05) is 34.7 Å². The maximum Gasteiger partial charge on any atom is 0.241 e. The van der Waals surface area contributed by atoms with Crippen molar-refractivity contribution in [1.29, 1.82) is 0 Å². The zero-order valence-electron chi connectivity index (χ0n) is 13.3. The fourth-order valence-electron chi connectivity index (χ4n) is 2.14. The Bertz CT molecular complexity index is 588. The Morgan fingerprint density at radius 3 is 2.43 bits per heavy atom. The topological polar surface area (TPSA) is 58.2 Å². The van der Waals surface area contributed by atoms with Crippen molar-refractivity contribution in [2.75, 3.05) is 7.05 Å². The van der Waals surface area contributed by atoms with Gasteiger partial charge in [0.25, 0.3) is 0 Å². The van der Waals surface area contributed by atoms with Crippen molar-refractivity contribution in [2.24, 2.45) is 5.92 Å². The van der Waals surface area contributed by atoms with E-state index in [2.05, 4.69) is 10.0 Å². The van der Waals surface area contributed by atoms with E-state index in [1.54, 1.807) is 6.07 Å². The van der Waals surface area contributed by atoms with Gasteiger partial charge in [-0.15, -0.1) is 0 Å². The molecule has 2 atom stereocenters. The van der Waals surface area contributed by atoms with Crippen LogP contribution in [0.15, 0.2) is 17.0 Å². The van der Waals surface area contributed by atoms with E-state index in [9.17, 15) is 8.42 Å². The normalized spacial score (nSPS) is 15.0. The van der Waals surface area contributed by atoms with E-state index < -0.39 is 10.0 Å². The molecule has 1 rings (SSSR count). The molecule has 0 saturated carbocycles. The molecule has 0 fully saturated rings. The van der Waals surface area contributed by atoms with Gasteiger partial charge in [-0.05, 0) is 50.1 Å². The number of rotatable bonds is 7. The molecule has 2 unspecified atom stereocenters. The third kappa shape index (κ3) is 4.68. The van der Waals surface area contributed by atoms with Gasteiger partial charge in [-0.1, -0.05) is 31.9 Å². The molecule has 0 heterocycles. The van der Waals surface area contributed by atoms with Crippen LogP contribution in [0.25, 0.3) is 0 Å². The largest absolute Gasteiger partial charge is 0.316 e. The molecular weight excluding hydrogens is 308 g/mol. The van der Waals surface area contributed by atoms with Gasteiger partial charge in [-0.25, -0.2) is 13.1 Å². The van der Waals surface area contributed by atoms with Crippen LogP contribution in [0.2, 0.25) is 5.02 Å². The lowest BCUT2D eigenvalue weighted by Crippen LogP contribution is -2.37. The summed E-state index contributed by atoms with van der Waals surface area (Å²) in [5.74, 6) is 0.274. The van der Waals surface area contributed by atoms with Crippen LogP contribution in [0, 0.1) is 12.8 Å². The number of benzene rings is 1. The molecule has 4 nitrogen and oxygen atoms in total. The van der Waals surface area contributed by atoms with Crippen LogP contribution in [0.3, 0.4) is 0 Å². The molecule has 6 heteroatoms. The van der Waals surface area contributed by atoms with Crippen LogP contribution in [0.4, 0.5) is 0 Å². The van der Waals surface area contributed by atoms with E-state index >= 15 is 0 Å². The Kier molecular flexibility index (Phi) is 6.66. The average Bonchev–Trinajstić information content (AvgIpc) is 2.41. The van der Waals surface area contributed by atoms with Crippen LogP contribution >= 0.6 is 11.6 Å². The van der Waals surface area contributed by atoms with Gasteiger partial charge >= 0.3 is 0 Å². The summed E-state index contributed by atoms with van der Waals surface area (Å²) in [7, 11) is -1.75. The maximum absolute atomic E-state index is 12.6. The van der Waals surface area contributed by atoms with Gasteiger partial charge in [0.2, 0.25) is 10.0 Å². The van der Waals surface area contributed by atoms with Crippen molar-refractivity contribution in [3.8, 4) is 0 Å². The fourth-order valence-corrected chi connectivity index (χ4v) is 4.11. The van der Waals surface area contributed by atoms with Crippen LogP contribution in [-0.4, -0.2) is 21.5 Å². The molecule has 0 aromatic heterocycles. The van der Waals surface area contributed by atoms with Crippen molar-refractivity contribution in [3.63, 3.8) is 0 Å². The summed E-state index contributed by atoms with van der Waals surface area (Å²) < 4.78 is 28.0. The Morgan fingerprint density at radius 1 is 1.29 bits per heavy atom. The van der Waals surface area contributed by atoms with Gasteiger partial charge in [-0.2, -0.15) is 0 Å². The standard InChI is InChI=1S/C15H25ClN2O2S/c1-6-10(2)12(4)18-21(19,20)15-8-14(16)7-13(9-17-5)11(15)3/h7-8,10,12,17-18H,6,9H2,1-5H3. The van der Waals surface area contributed by atoms with Crippen molar-refractivity contribution in [2.45, 2.75) is 51.6 Å². The highest BCUT2D eigenvalue weighted by molar-refractivity contribution is 7.89. The molecule has 2 N–H and O–H groups in total. The predicted molar refractivity (Wildman–Crippen MR) is 88.2 cm³/mol. The molecule has 120 valence electrons. The minimum Gasteiger partial charge on any atom is -0.316 e. The zero-order valence-corrected chi connectivity index (χ0v) is 14.9. The number of hydrogen-bond donors (Lipinski definition) is 2. The molecule has 0 amide bonds. The summed E-state index contributed by atoms with van der Waals surface area (Å²) in [4.78, 5) is 0.260. The molecule has 0 radical (unpaired) electrons. The van der Waals surface area contributed by atoms with Gasteiger partial charge in [0, 0.05) is 17.6 Å². The smallest absolute Gasteiger partial charge is 0.241 e. The quantitative estimate of drug-likeness (QED) is 0.806. The molecule has 0 bridgehead atoms. The summed E-state index contributed by atoms with van der Waals surface area (Å²) in [6, 6.07) is 3.19. The van der Waals surface area contributed by atoms with Gasteiger partial charge in [-0.3, -0.25) is 0 Å². The Morgan fingerprint density at radius 2 is 1.90 bits per heavy atom.